The van der Waals surface area contributed by atoms with E-state index in [1.54, 1.807) is 53.3 Å². The topological polar surface area (TPSA) is 216 Å². The highest BCUT2D eigenvalue weighted by molar-refractivity contribution is 6.30. The Morgan fingerprint density at radius 1 is 0.709 bits per heavy atom. The van der Waals surface area contributed by atoms with E-state index in [2.05, 4.69) is 70.7 Å². The number of hydrogen-bond donors (Lipinski definition) is 4. The molecule has 6 amide bonds. The fourth-order valence-electron chi connectivity index (χ4n) is 15.6. The molecule has 7 aliphatic heterocycles. The molecule has 6 fully saturated rings. The van der Waals surface area contributed by atoms with Gasteiger partial charge >= 0.3 is 6.03 Å². The standard InChI is InChI=1S/C77H93Cl2F2N15O7/c1-50(2)103-65-35-60(102-5)17-18-61(65)74-87-72(53-9-13-58(78)14-10-53)73(54-11-15-59(79)16-12-54)96(74)75(101)94-32-31-93(71(100)47-94)45-69(98)82-24-30-91-43-56-41-90(42-57(56)44-91)25-19-68(97)84-39-52-8-6-7-51(33-52)38-83-66-37-67(86-49-85-66)92-28-22-77(23-29-92)48-95(46-70(99)88-77)64-36-62(80)55(34-63(64)81)40-89-26-20-76(3,4)21-27-89/h6-18,33-37,49-50,56-57,72-73H,19-32,38-48H2,1-5H3,(H,82,98)(H,84,97)(H,88,99)(H,83,85,86)/t56-,57+,72-,73+/m0/s1. The van der Waals surface area contributed by atoms with E-state index in [-0.39, 0.29) is 73.6 Å². The average molecular weight is 1450 g/mol. The Kier molecular flexibility index (Phi) is 22.4. The number of halogens is 4. The van der Waals surface area contributed by atoms with Crippen LogP contribution in [-0.2, 0) is 38.8 Å². The van der Waals surface area contributed by atoms with Crippen LogP contribution in [0.2, 0.25) is 10.0 Å². The number of rotatable bonds is 23. The van der Waals surface area contributed by atoms with E-state index in [0.29, 0.717) is 134 Å². The van der Waals surface area contributed by atoms with E-state index >= 15 is 13.6 Å². The van der Waals surface area contributed by atoms with Crippen molar-refractivity contribution in [2.75, 3.05) is 133 Å². The van der Waals surface area contributed by atoms with Crippen LogP contribution in [0, 0.1) is 28.9 Å². The van der Waals surface area contributed by atoms with Gasteiger partial charge in [0.15, 0.2) is 0 Å². The highest BCUT2D eigenvalue weighted by Crippen LogP contribution is 2.47. The second kappa shape index (κ2) is 31.7. The highest BCUT2D eigenvalue weighted by atomic mass is 35.5. The molecule has 1 spiro atoms. The molecule has 0 bridgehead atoms. The lowest BCUT2D eigenvalue weighted by Crippen LogP contribution is -2.66. The van der Waals surface area contributed by atoms with Crippen molar-refractivity contribution in [3.8, 4) is 11.5 Å². The van der Waals surface area contributed by atoms with Crippen LogP contribution in [0.3, 0.4) is 0 Å². The number of nitrogens with zero attached hydrogens (tertiary/aromatic N) is 11. The number of piperazine rings is 2. The molecule has 4 atom stereocenters. The van der Waals surface area contributed by atoms with Gasteiger partial charge in [0.05, 0.1) is 49.1 Å². The molecule has 1 aromatic heterocycles. The Bertz CT molecular complexity index is 4080. The summed E-state index contributed by atoms with van der Waals surface area (Å²) in [6, 6.07) is 31.0. The summed E-state index contributed by atoms with van der Waals surface area (Å²) < 4.78 is 43.4. The first-order chi connectivity index (χ1) is 49.6. The molecule has 546 valence electrons. The number of piperidine rings is 2. The molecule has 8 heterocycles. The lowest BCUT2D eigenvalue weighted by molar-refractivity contribution is -0.139. The Labute approximate surface area is 611 Å². The summed E-state index contributed by atoms with van der Waals surface area (Å²) in [5.41, 5.74) is 4.29. The molecule has 6 saturated heterocycles. The van der Waals surface area contributed by atoms with E-state index in [0.717, 1.165) is 80.2 Å². The summed E-state index contributed by atoms with van der Waals surface area (Å²) in [4.78, 5) is 98.9. The summed E-state index contributed by atoms with van der Waals surface area (Å²) in [5.74, 6) is 1.96. The molecule has 5 aromatic carbocycles. The number of carbonyl (C=O) groups excluding carboxylic acids is 5. The largest absolute Gasteiger partial charge is 0.497 e. The third kappa shape index (κ3) is 17.6. The van der Waals surface area contributed by atoms with Crippen LogP contribution in [0.5, 0.6) is 11.5 Å². The number of amidine groups is 1. The highest BCUT2D eigenvalue weighted by Gasteiger charge is 2.47. The predicted octanol–water partition coefficient (Wildman–Crippen LogP) is 9.56. The average Bonchev–Trinajstić information content (AvgIpc) is 1.74. The van der Waals surface area contributed by atoms with E-state index in [1.807, 2.05) is 68.4 Å². The quantitative estimate of drug-likeness (QED) is 0.0470. The maximum absolute atomic E-state index is 15.8. The van der Waals surface area contributed by atoms with Gasteiger partial charge in [-0.15, -0.1) is 0 Å². The number of urea groups is 1. The minimum Gasteiger partial charge on any atom is -0.497 e. The lowest BCUT2D eigenvalue weighted by atomic mass is 9.82. The summed E-state index contributed by atoms with van der Waals surface area (Å²) in [6.45, 7) is 18.2. The van der Waals surface area contributed by atoms with E-state index in [9.17, 15) is 19.2 Å². The number of likely N-dealkylation sites (tertiary alicyclic amines) is 3. The third-order valence-electron chi connectivity index (χ3n) is 21.4. The first-order valence-corrected chi connectivity index (χ1v) is 36.8. The Hall–Kier alpha value is -8.68. The van der Waals surface area contributed by atoms with Crippen molar-refractivity contribution >= 4 is 76.0 Å². The third-order valence-corrected chi connectivity index (χ3v) is 21.9. The molecule has 103 heavy (non-hydrogen) atoms. The normalized spacial score (nSPS) is 21.4. The van der Waals surface area contributed by atoms with Crippen molar-refractivity contribution in [2.45, 2.75) is 103 Å². The minimum atomic E-state index is -0.655. The predicted molar refractivity (Wildman–Crippen MR) is 393 cm³/mol. The first-order valence-electron chi connectivity index (χ1n) is 36.0. The molecule has 4 N–H and O–H groups in total. The molecule has 13 rings (SSSR count). The lowest BCUT2D eigenvalue weighted by Gasteiger charge is -2.48. The number of hydrogen-bond acceptors (Lipinski definition) is 16. The van der Waals surface area contributed by atoms with Gasteiger partial charge in [0.1, 0.15) is 59.5 Å². The number of amides is 6. The maximum Gasteiger partial charge on any atom is 0.326 e. The zero-order valence-electron chi connectivity index (χ0n) is 59.3. The Morgan fingerprint density at radius 2 is 1.40 bits per heavy atom. The van der Waals surface area contributed by atoms with Crippen LogP contribution in [0.1, 0.15) is 105 Å². The van der Waals surface area contributed by atoms with Crippen molar-refractivity contribution < 1.29 is 42.2 Å². The van der Waals surface area contributed by atoms with Crippen LogP contribution in [0.25, 0.3) is 0 Å². The van der Waals surface area contributed by atoms with Crippen molar-refractivity contribution in [3.05, 3.63) is 171 Å². The molecule has 0 saturated carbocycles. The second-order valence-corrected chi connectivity index (χ2v) is 30.6. The van der Waals surface area contributed by atoms with Gasteiger partial charge in [0.25, 0.3) is 0 Å². The van der Waals surface area contributed by atoms with Crippen LogP contribution >= 0.6 is 23.2 Å². The van der Waals surface area contributed by atoms with E-state index in [1.165, 1.54) is 28.3 Å². The summed E-state index contributed by atoms with van der Waals surface area (Å²) in [6.07, 6.45) is 4.93. The molecule has 7 aliphatic rings. The number of anilines is 3. The summed E-state index contributed by atoms with van der Waals surface area (Å²) in [7, 11) is 1.58. The number of nitrogens with one attached hydrogen (secondary N) is 4. The zero-order chi connectivity index (χ0) is 72.1. The fraction of sp³-hybridized carbons (Fsp3) is 0.481. The number of benzene rings is 5. The first kappa shape index (κ1) is 72.7. The van der Waals surface area contributed by atoms with Gasteiger partial charge in [-0.1, -0.05) is 85.6 Å². The van der Waals surface area contributed by atoms with Crippen LogP contribution in [-0.4, -0.2) is 205 Å². The maximum atomic E-state index is 15.8. The van der Waals surface area contributed by atoms with E-state index in [4.69, 9.17) is 37.7 Å². The van der Waals surface area contributed by atoms with Gasteiger partial charge in [0, 0.05) is 138 Å². The number of fused-ring (bicyclic) bond motifs is 1. The van der Waals surface area contributed by atoms with Crippen LogP contribution in [0.4, 0.5) is 30.9 Å². The SMILES string of the molecule is COc1ccc(C2=N[C@@H](c3ccc(Cl)cc3)[C@@H](c3ccc(Cl)cc3)N2C(=O)N2CCN(CC(=O)NCCN3C[C@@H]4CN(CCC(=O)NCc5cccc(CNc6cc(N7CCC8(CC7)CN(c7cc(F)c(CN9CCC(C)(C)CC9)cc7F)CC(=O)N8)ncn6)c5)C[C@@H]4C3)C(=O)C2)c(OC(C)C)c1. The molecule has 26 heteroatoms. The minimum absolute atomic E-state index is 0.00705. The summed E-state index contributed by atoms with van der Waals surface area (Å²) in [5, 5.41) is 13.9. The Balaban J connectivity index is 0.520. The summed E-state index contributed by atoms with van der Waals surface area (Å²) >= 11 is 12.8. The Morgan fingerprint density at radius 3 is 2.09 bits per heavy atom. The van der Waals surface area contributed by atoms with Gasteiger partial charge in [-0.25, -0.2) is 23.5 Å². The molecule has 0 unspecified atom stereocenters. The zero-order valence-corrected chi connectivity index (χ0v) is 60.8. The van der Waals surface area contributed by atoms with Crippen molar-refractivity contribution in [3.63, 3.8) is 0 Å². The van der Waals surface area contributed by atoms with Gasteiger partial charge < -0.3 is 60.1 Å². The second-order valence-electron chi connectivity index (χ2n) is 29.7. The smallest absolute Gasteiger partial charge is 0.326 e. The fourth-order valence-corrected chi connectivity index (χ4v) is 15.9. The van der Waals surface area contributed by atoms with Gasteiger partial charge in [-0.05, 0) is 135 Å². The molecule has 0 aliphatic carbocycles. The number of ether oxygens (including phenoxy) is 2. The number of aromatic nitrogens is 2. The monoisotopic (exact) mass is 1450 g/mol. The van der Waals surface area contributed by atoms with Crippen molar-refractivity contribution in [1.82, 2.24) is 55.3 Å². The van der Waals surface area contributed by atoms with Gasteiger partial charge in [0.2, 0.25) is 23.6 Å². The number of carbonyl (C=O) groups is 5. The number of aliphatic imine (C=N–C) groups is 1. The molecule has 22 nitrogen and oxygen atoms in total. The molecule has 0 radical (unpaired) electrons. The van der Waals surface area contributed by atoms with Crippen LogP contribution in [0.15, 0.2) is 121 Å². The van der Waals surface area contributed by atoms with E-state index < -0.39 is 35.3 Å². The van der Waals surface area contributed by atoms with Gasteiger partial charge in [-0.3, -0.25) is 34.0 Å². The molecular formula is C77H93Cl2F2N15O7. The molecular weight excluding hydrogens is 1360 g/mol. The molecule has 6 aromatic rings. The van der Waals surface area contributed by atoms with Crippen LogP contribution < -0.4 is 40.5 Å². The van der Waals surface area contributed by atoms with Gasteiger partial charge in [-0.2, -0.15) is 0 Å². The van der Waals surface area contributed by atoms with Crippen molar-refractivity contribution in [2.24, 2.45) is 22.2 Å². The number of methoxy groups -OCH3 is 1. The van der Waals surface area contributed by atoms with Crippen molar-refractivity contribution in [1.29, 1.82) is 0 Å².